The van der Waals surface area contributed by atoms with Crippen molar-refractivity contribution in [1.29, 1.82) is 0 Å². The Labute approximate surface area is 120 Å². The molecule has 0 amide bonds. The van der Waals surface area contributed by atoms with Crippen LogP contribution in [0.15, 0.2) is 18.2 Å². The normalized spacial score (nSPS) is 23.4. The van der Waals surface area contributed by atoms with Gasteiger partial charge in [-0.25, -0.2) is 4.98 Å². The standard InChI is InChI=1S/C17H23N3/c1-20-16-8-7-12(10-14-6-3-9-18-14)11-15(16)19-17(20)13-4-2-5-13/h7-8,11,13-14,18H,2-6,9-10H2,1H3. The van der Waals surface area contributed by atoms with Gasteiger partial charge in [-0.15, -0.1) is 0 Å². The van der Waals surface area contributed by atoms with Gasteiger partial charge in [0.05, 0.1) is 11.0 Å². The lowest BCUT2D eigenvalue weighted by Crippen LogP contribution is -2.23. The molecule has 1 unspecified atom stereocenters. The second-order valence-corrected chi connectivity index (χ2v) is 6.48. The third kappa shape index (κ3) is 2.05. The minimum atomic E-state index is 0.669. The van der Waals surface area contributed by atoms with E-state index in [0.29, 0.717) is 12.0 Å². The number of hydrogen-bond donors (Lipinski definition) is 1. The Hall–Kier alpha value is -1.35. The zero-order valence-corrected chi connectivity index (χ0v) is 12.2. The molecular weight excluding hydrogens is 246 g/mol. The number of aryl methyl sites for hydroxylation is 1. The molecule has 1 aliphatic heterocycles. The highest BCUT2D eigenvalue weighted by molar-refractivity contribution is 5.77. The summed E-state index contributed by atoms with van der Waals surface area (Å²) in [6.45, 7) is 1.18. The molecule has 3 heteroatoms. The zero-order valence-electron chi connectivity index (χ0n) is 12.2. The average Bonchev–Trinajstić information content (AvgIpc) is 2.98. The maximum atomic E-state index is 4.91. The van der Waals surface area contributed by atoms with Crippen molar-refractivity contribution < 1.29 is 0 Å². The van der Waals surface area contributed by atoms with Gasteiger partial charge in [-0.1, -0.05) is 12.5 Å². The van der Waals surface area contributed by atoms with Crippen LogP contribution in [0.25, 0.3) is 11.0 Å². The Kier molecular flexibility index (Phi) is 3.03. The Bertz CT molecular complexity index is 618. The fourth-order valence-electron chi connectivity index (χ4n) is 3.64. The minimum absolute atomic E-state index is 0.669. The van der Waals surface area contributed by atoms with Gasteiger partial charge in [-0.2, -0.15) is 0 Å². The molecule has 20 heavy (non-hydrogen) atoms. The van der Waals surface area contributed by atoms with Gasteiger partial charge < -0.3 is 9.88 Å². The molecule has 4 rings (SSSR count). The van der Waals surface area contributed by atoms with Gasteiger partial charge in [-0.05, 0) is 56.3 Å². The predicted molar refractivity (Wildman–Crippen MR) is 82.0 cm³/mol. The summed E-state index contributed by atoms with van der Waals surface area (Å²) in [4.78, 5) is 4.91. The second kappa shape index (κ2) is 4.88. The molecular formula is C17H23N3. The summed E-state index contributed by atoms with van der Waals surface area (Å²) < 4.78 is 2.30. The molecule has 1 saturated heterocycles. The summed E-state index contributed by atoms with van der Waals surface area (Å²) in [5.74, 6) is 2.00. The van der Waals surface area contributed by atoms with E-state index in [1.165, 1.54) is 61.1 Å². The first-order valence-corrected chi connectivity index (χ1v) is 8.00. The first kappa shape index (κ1) is 12.4. The Morgan fingerprint density at radius 1 is 1.25 bits per heavy atom. The van der Waals surface area contributed by atoms with Crippen LogP contribution in [0.1, 0.15) is 49.4 Å². The number of aromatic nitrogens is 2. The molecule has 3 nitrogen and oxygen atoms in total. The van der Waals surface area contributed by atoms with Crippen LogP contribution < -0.4 is 5.32 Å². The number of benzene rings is 1. The van der Waals surface area contributed by atoms with Gasteiger partial charge in [-0.3, -0.25) is 0 Å². The summed E-state index contributed by atoms with van der Waals surface area (Å²) >= 11 is 0. The molecule has 1 atom stereocenters. The van der Waals surface area contributed by atoms with Crippen LogP contribution in [0, 0.1) is 0 Å². The SMILES string of the molecule is Cn1c(C2CCC2)nc2cc(CC3CCCN3)ccc21. The Morgan fingerprint density at radius 2 is 2.15 bits per heavy atom. The quantitative estimate of drug-likeness (QED) is 0.927. The molecule has 0 radical (unpaired) electrons. The summed E-state index contributed by atoms with van der Waals surface area (Å²) in [5.41, 5.74) is 3.90. The number of nitrogens with zero attached hydrogens (tertiary/aromatic N) is 2. The van der Waals surface area contributed by atoms with Gasteiger partial charge in [0, 0.05) is 19.0 Å². The number of hydrogen-bond acceptors (Lipinski definition) is 2. The van der Waals surface area contributed by atoms with Crippen molar-refractivity contribution in [2.24, 2.45) is 7.05 Å². The highest BCUT2D eigenvalue weighted by Gasteiger charge is 2.24. The van der Waals surface area contributed by atoms with E-state index in [0.717, 1.165) is 6.42 Å². The van der Waals surface area contributed by atoms with Crippen molar-refractivity contribution in [2.75, 3.05) is 6.54 Å². The third-order valence-electron chi connectivity index (χ3n) is 5.09. The van der Waals surface area contributed by atoms with E-state index in [1.807, 2.05) is 0 Å². The van der Waals surface area contributed by atoms with Gasteiger partial charge in [0.2, 0.25) is 0 Å². The van der Waals surface area contributed by atoms with Crippen LogP contribution in [0.2, 0.25) is 0 Å². The molecule has 2 aliphatic rings. The lowest BCUT2D eigenvalue weighted by Gasteiger charge is -2.24. The first-order valence-electron chi connectivity index (χ1n) is 8.00. The summed E-state index contributed by atoms with van der Waals surface area (Å²) in [6, 6.07) is 7.52. The van der Waals surface area contributed by atoms with E-state index in [4.69, 9.17) is 4.98 Å². The molecule has 1 aliphatic carbocycles. The lowest BCUT2D eigenvalue weighted by atomic mass is 9.85. The highest BCUT2D eigenvalue weighted by Crippen LogP contribution is 2.36. The molecule has 0 bridgehead atoms. The van der Waals surface area contributed by atoms with Crippen molar-refractivity contribution in [1.82, 2.24) is 14.9 Å². The van der Waals surface area contributed by atoms with Crippen LogP contribution in [0.5, 0.6) is 0 Å². The second-order valence-electron chi connectivity index (χ2n) is 6.48. The number of fused-ring (bicyclic) bond motifs is 1. The molecule has 0 spiro atoms. The van der Waals surface area contributed by atoms with Crippen LogP contribution >= 0.6 is 0 Å². The van der Waals surface area contributed by atoms with Crippen molar-refractivity contribution in [3.05, 3.63) is 29.6 Å². The van der Waals surface area contributed by atoms with E-state index in [1.54, 1.807) is 0 Å². The minimum Gasteiger partial charge on any atom is -0.331 e. The largest absolute Gasteiger partial charge is 0.331 e. The van der Waals surface area contributed by atoms with Gasteiger partial charge in [0.15, 0.2) is 0 Å². The molecule has 1 N–H and O–H groups in total. The van der Waals surface area contributed by atoms with E-state index in [-0.39, 0.29) is 0 Å². The zero-order chi connectivity index (χ0) is 13.5. The summed E-state index contributed by atoms with van der Waals surface area (Å²) in [5, 5.41) is 3.58. The highest BCUT2D eigenvalue weighted by atomic mass is 15.1. The Morgan fingerprint density at radius 3 is 2.85 bits per heavy atom. The topological polar surface area (TPSA) is 29.9 Å². The summed E-state index contributed by atoms with van der Waals surface area (Å²) in [6.07, 6.45) is 7.78. The van der Waals surface area contributed by atoms with E-state index >= 15 is 0 Å². The van der Waals surface area contributed by atoms with Crippen LogP contribution in [0.4, 0.5) is 0 Å². The van der Waals surface area contributed by atoms with Crippen LogP contribution in [-0.4, -0.2) is 22.1 Å². The van der Waals surface area contributed by atoms with Gasteiger partial charge in [0.25, 0.3) is 0 Å². The van der Waals surface area contributed by atoms with E-state index in [9.17, 15) is 0 Å². The van der Waals surface area contributed by atoms with E-state index < -0.39 is 0 Å². The predicted octanol–water partition coefficient (Wildman–Crippen LogP) is 3.14. The van der Waals surface area contributed by atoms with Crippen molar-refractivity contribution in [3.8, 4) is 0 Å². The maximum absolute atomic E-state index is 4.91. The van der Waals surface area contributed by atoms with E-state index in [2.05, 4.69) is 35.1 Å². The molecule has 2 aromatic rings. The smallest absolute Gasteiger partial charge is 0.112 e. The summed E-state index contributed by atoms with van der Waals surface area (Å²) in [7, 11) is 2.17. The Balaban J connectivity index is 1.64. The van der Waals surface area contributed by atoms with Crippen molar-refractivity contribution >= 4 is 11.0 Å². The lowest BCUT2D eigenvalue weighted by molar-refractivity contribution is 0.395. The third-order valence-corrected chi connectivity index (χ3v) is 5.09. The maximum Gasteiger partial charge on any atom is 0.112 e. The number of nitrogens with one attached hydrogen (secondary N) is 1. The van der Waals surface area contributed by atoms with Gasteiger partial charge >= 0.3 is 0 Å². The molecule has 1 aromatic carbocycles. The fourth-order valence-corrected chi connectivity index (χ4v) is 3.64. The number of rotatable bonds is 3. The first-order chi connectivity index (χ1) is 9.81. The molecule has 106 valence electrons. The van der Waals surface area contributed by atoms with Crippen LogP contribution in [0.3, 0.4) is 0 Å². The number of imidazole rings is 1. The molecule has 1 aromatic heterocycles. The van der Waals surface area contributed by atoms with Crippen molar-refractivity contribution in [2.45, 2.75) is 50.5 Å². The van der Waals surface area contributed by atoms with Gasteiger partial charge in [0.1, 0.15) is 5.82 Å². The van der Waals surface area contributed by atoms with Crippen LogP contribution in [-0.2, 0) is 13.5 Å². The molecule has 2 heterocycles. The molecule has 1 saturated carbocycles. The average molecular weight is 269 g/mol. The molecule has 2 fully saturated rings. The van der Waals surface area contributed by atoms with Crippen molar-refractivity contribution in [3.63, 3.8) is 0 Å². The monoisotopic (exact) mass is 269 g/mol. The fraction of sp³-hybridized carbons (Fsp3) is 0.588.